The Bertz CT molecular complexity index is 1630. The SMILES string of the molecule is CN(C)S.COc1ccc2c(c1)C1CC1(C(=O)N1CC(O)(C3CC3)C1)Cn1c-2c(C2CCCCC2)c2ccc(C(N)=O)cc21. The number of β-amino-alcohol motifs (C(OH)–C–C–N with tert-alkyl or cyclic N) is 1. The zero-order chi connectivity index (χ0) is 31.0. The van der Waals surface area contributed by atoms with E-state index in [0.717, 1.165) is 43.4 Å². The highest BCUT2D eigenvalue weighted by molar-refractivity contribution is 7.77. The summed E-state index contributed by atoms with van der Waals surface area (Å²) in [4.78, 5) is 28.5. The third kappa shape index (κ3) is 4.83. The molecule has 3 saturated carbocycles. The van der Waals surface area contributed by atoms with E-state index in [-0.39, 0.29) is 11.8 Å². The number of rotatable bonds is 5. The van der Waals surface area contributed by atoms with Gasteiger partial charge in [-0.25, -0.2) is 0 Å². The van der Waals surface area contributed by atoms with Gasteiger partial charge in [0.25, 0.3) is 0 Å². The van der Waals surface area contributed by atoms with Crippen molar-refractivity contribution in [2.75, 3.05) is 34.3 Å². The molecule has 44 heavy (non-hydrogen) atoms. The first kappa shape index (κ1) is 29.7. The molecule has 2 atom stereocenters. The van der Waals surface area contributed by atoms with Gasteiger partial charge in [0.15, 0.2) is 0 Å². The Labute approximate surface area is 265 Å². The minimum Gasteiger partial charge on any atom is -0.497 e. The Morgan fingerprint density at radius 3 is 2.36 bits per heavy atom. The molecule has 2 unspecified atom stereocenters. The molecule has 3 N–H and O–H groups in total. The molecule has 3 heterocycles. The number of hydrogen-bond donors (Lipinski definition) is 3. The molecule has 5 aliphatic rings. The molecular weight excluding hydrogens is 572 g/mol. The minimum absolute atomic E-state index is 0.0909. The number of hydrogen-bond acceptors (Lipinski definition) is 6. The largest absolute Gasteiger partial charge is 0.497 e. The second-order valence-electron chi connectivity index (χ2n) is 14.0. The van der Waals surface area contributed by atoms with Gasteiger partial charge in [-0.2, -0.15) is 0 Å². The summed E-state index contributed by atoms with van der Waals surface area (Å²) in [5, 5.41) is 12.2. The zero-order valence-electron chi connectivity index (χ0n) is 26.0. The van der Waals surface area contributed by atoms with Crippen LogP contribution in [0.1, 0.15) is 84.7 Å². The zero-order valence-corrected chi connectivity index (χ0v) is 26.9. The monoisotopic (exact) mass is 616 g/mol. The van der Waals surface area contributed by atoms with Crippen LogP contribution in [0.4, 0.5) is 0 Å². The van der Waals surface area contributed by atoms with Crippen molar-refractivity contribution in [3.05, 3.63) is 53.1 Å². The van der Waals surface area contributed by atoms with Gasteiger partial charge >= 0.3 is 0 Å². The number of benzene rings is 2. The highest BCUT2D eigenvalue weighted by atomic mass is 32.1. The molecule has 9 heteroatoms. The lowest BCUT2D eigenvalue weighted by Crippen LogP contribution is -2.66. The first-order valence-corrected chi connectivity index (χ1v) is 16.5. The Kier molecular flexibility index (Phi) is 7.29. The number of carbonyl (C=O) groups is 2. The first-order valence-electron chi connectivity index (χ1n) is 16.1. The fourth-order valence-corrected chi connectivity index (χ4v) is 8.39. The summed E-state index contributed by atoms with van der Waals surface area (Å²) in [5.74, 6) is 1.38. The van der Waals surface area contributed by atoms with Crippen LogP contribution in [0.3, 0.4) is 0 Å². The normalized spacial score (nSPS) is 25.1. The molecule has 3 aromatic rings. The van der Waals surface area contributed by atoms with E-state index in [2.05, 4.69) is 35.6 Å². The first-order chi connectivity index (χ1) is 21.1. The molecular formula is C35H44N4O4S. The summed E-state index contributed by atoms with van der Waals surface area (Å²) in [6, 6.07) is 12.2. The van der Waals surface area contributed by atoms with E-state index in [1.165, 1.54) is 47.0 Å². The van der Waals surface area contributed by atoms with Crippen molar-refractivity contribution in [2.45, 2.75) is 75.3 Å². The van der Waals surface area contributed by atoms with Crippen molar-refractivity contribution in [3.8, 4) is 17.0 Å². The van der Waals surface area contributed by atoms with Crippen LogP contribution >= 0.6 is 12.8 Å². The topological polar surface area (TPSA) is 101 Å². The van der Waals surface area contributed by atoms with Crippen LogP contribution in [-0.4, -0.2) is 70.6 Å². The predicted molar refractivity (Wildman–Crippen MR) is 175 cm³/mol. The molecule has 1 aromatic heterocycles. The summed E-state index contributed by atoms with van der Waals surface area (Å²) in [5.41, 5.74) is 10.9. The number of methoxy groups -OCH3 is 1. The number of nitrogens with zero attached hydrogens (tertiary/aromatic N) is 3. The van der Waals surface area contributed by atoms with E-state index in [4.69, 9.17) is 10.5 Å². The van der Waals surface area contributed by atoms with E-state index < -0.39 is 16.9 Å². The van der Waals surface area contributed by atoms with Crippen LogP contribution in [-0.2, 0) is 11.3 Å². The fourth-order valence-electron chi connectivity index (χ4n) is 8.39. The number of aliphatic hydroxyl groups is 1. The van der Waals surface area contributed by atoms with Gasteiger partial charge < -0.3 is 25.0 Å². The number of likely N-dealkylation sites (tertiary alicyclic amines) is 1. The molecule has 0 spiro atoms. The van der Waals surface area contributed by atoms with Crippen LogP contribution in [0, 0.1) is 11.3 Å². The maximum absolute atomic E-state index is 14.3. The molecule has 0 radical (unpaired) electrons. The second kappa shape index (κ2) is 10.8. The Morgan fingerprint density at radius 2 is 1.73 bits per heavy atom. The molecule has 8 nitrogen and oxygen atoms in total. The van der Waals surface area contributed by atoms with Crippen LogP contribution in [0.25, 0.3) is 22.2 Å². The number of ether oxygens (including phenoxy) is 1. The number of fused-ring (bicyclic) bond motifs is 7. The second-order valence-corrected chi connectivity index (χ2v) is 14.8. The maximum Gasteiger partial charge on any atom is 0.248 e. The fraction of sp³-hybridized carbons (Fsp3) is 0.543. The van der Waals surface area contributed by atoms with Gasteiger partial charge in [-0.1, -0.05) is 38.1 Å². The molecule has 1 saturated heterocycles. The summed E-state index contributed by atoms with van der Waals surface area (Å²) in [7, 11) is 5.42. The van der Waals surface area contributed by atoms with Gasteiger partial charge in [0.2, 0.25) is 11.8 Å². The van der Waals surface area contributed by atoms with Crippen molar-refractivity contribution >= 4 is 35.5 Å². The third-order valence-corrected chi connectivity index (χ3v) is 10.8. The van der Waals surface area contributed by atoms with Gasteiger partial charge in [-0.15, -0.1) is 0 Å². The van der Waals surface area contributed by atoms with Crippen LogP contribution in [0.15, 0.2) is 36.4 Å². The van der Waals surface area contributed by atoms with E-state index in [1.807, 2.05) is 37.2 Å². The van der Waals surface area contributed by atoms with Crippen molar-refractivity contribution in [3.63, 3.8) is 0 Å². The van der Waals surface area contributed by atoms with Crippen molar-refractivity contribution < 1.29 is 19.4 Å². The van der Waals surface area contributed by atoms with Crippen molar-refractivity contribution in [1.29, 1.82) is 0 Å². The lowest BCUT2D eigenvalue weighted by molar-refractivity contribution is -0.165. The van der Waals surface area contributed by atoms with Crippen LogP contribution < -0.4 is 10.5 Å². The van der Waals surface area contributed by atoms with Gasteiger partial charge in [0, 0.05) is 34.5 Å². The number of primary amides is 1. The Balaban J connectivity index is 0.000000739. The number of thiol groups is 1. The van der Waals surface area contributed by atoms with Crippen LogP contribution in [0.5, 0.6) is 5.75 Å². The van der Waals surface area contributed by atoms with Crippen LogP contribution in [0.2, 0.25) is 0 Å². The lowest BCUT2D eigenvalue weighted by Gasteiger charge is -2.48. The van der Waals surface area contributed by atoms with E-state index in [0.29, 0.717) is 37.0 Å². The van der Waals surface area contributed by atoms with Gasteiger partial charge in [-0.05, 0) is 99.5 Å². The number of amides is 2. The number of nitrogens with two attached hydrogens (primary N) is 1. The van der Waals surface area contributed by atoms with Crippen molar-refractivity contribution in [2.24, 2.45) is 17.1 Å². The molecule has 234 valence electrons. The maximum atomic E-state index is 14.3. The Hall–Kier alpha value is -3.01. The minimum atomic E-state index is -0.710. The summed E-state index contributed by atoms with van der Waals surface area (Å²) in [6.07, 6.45) is 8.90. The van der Waals surface area contributed by atoms with Gasteiger partial charge in [0.05, 0.1) is 31.3 Å². The molecule has 2 aliphatic heterocycles. The number of carbonyl (C=O) groups excluding carboxylic acids is 2. The number of aromatic nitrogens is 1. The summed E-state index contributed by atoms with van der Waals surface area (Å²) < 4.78 is 9.71. The van der Waals surface area contributed by atoms with E-state index >= 15 is 0 Å². The van der Waals surface area contributed by atoms with Gasteiger partial charge in [-0.3, -0.25) is 13.9 Å². The molecule has 3 aliphatic carbocycles. The smallest absolute Gasteiger partial charge is 0.248 e. The predicted octanol–water partition coefficient (Wildman–Crippen LogP) is 5.33. The lowest BCUT2D eigenvalue weighted by atomic mass is 9.81. The standard InChI is InChI=1S/C33H37N3O4.C2H7NS/c1-40-22-10-12-23-25(14-22)26-15-32(26,31(38)35-17-33(39,18-35)21-8-9-21)16-36-27-13-20(30(34)37)7-11-24(27)28(29(23)36)19-5-3-2-4-6-19;1-3(2)4/h7,10-14,19,21,26,39H,2-6,8-9,15-18H2,1H3,(H2,34,37);4H,1-2H3. The average Bonchev–Trinajstić information content (AvgIpc) is 3.91. The van der Waals surface area contributed by atoms with Crippen molar-refractivity contribution in [1.82, 2.24) is 13.8 Å². The average molecular weight is 617 g/mol. The third-order valence-electron chi connectivity index (χ3n) is 10.8. The van der Waals surface area contributed by atoms with Gasteiger partial charge in [0.1, 0.15) is 11.4 Å². The highest BCUT2D eigenvalue weighted by Crippen LogP contribution is 2.66. The van der Waals surface area contributed by atoms with E-state index in [1.54, 1.807) is 11.4 Å². The summed E-state index contributed by atoms with van der Waals surface area (Å²) in [6.45, 7) is 1.44. The summed E-state index contributed by atoms with van der Waals surface area (Å²) >= 11 is 3.80. The molecule has 2 aromatic carbocycles. The Morgan fingerprint density at radius 1 is 1.02 bits per heavy atom. The van der Waals surface area contributed by atoms with E-state index in [9.17, 15) is 14.7 Å². The molecule has 2 amide bonds. The molecule has 0 bridgehead atoms. The molecule has 8 rings (SSSR count). The highest BCUT2D eigenvalue weighted by Gasteiger charge is 2.66. The quantitative estimate of drug-likeness (QED) is 0.337. The molecule has 4 fully saturated rings.